The first kappa shape index (κ1) is 20.2. The van der Waals surface area contributed by atoms with E-state index in [-0.39, 0.29) is 23.8 Å². The molecule has 2 aliphatic rings. The molecule has 0 unspecified atom stereocenters. The molecule has 3 aromatic carbocycles. The minimum Gasteiger partial charge on any atom is -0.392 e. The van der Waals surface area contributed by atoms with Crippen LogP contribution in [0.5, 0.6) is 0 Å². The van der Waals surface area contributed by atoms with Crippen LogP contribution in [0.25, 0.3) is 10.8 Å². The Hall–Kier alpha value is -2.74. The number of hydrogen-bond donors (Lipinski definition) is 1. The molecule has 1 N–H and O–H groups in total. The third kappa shape index (κ3) is 3.63. The summed E-state index contributed by atoms with van der Waals surface area (Å²) in [6.45, 7) is 0.938. The second-order valence-corrected chi connectivity index (χ2v) is 10.2. The third-order valence-electron chi connectivity index (χ3n) is 6.29. The van der Waals surface area contributed by atoms with E-state index in [4.69, 9.17) is 0 Å². The maximum Gasteiger partial charge on any atom is 0.243 e. The van der Waals surface area contributed by atoms with E-state index in [0.29, 0.717) is 13.1 Å². The number of aliphatic hydroxyl groups is 1. The third-order valence-corrected chi connectivity index (χ3v) is 8.16. The summed E-state index contributed by atoms with van der Waals surface area (Å²) in [4.78, 5) is 15.2. The lowest BCUT2D eigenvalue weighted by Gasteiger charge is -2.33. The van der Waals surface area contributed by atoms with Crippen LogP contribution < -0.4 is 0 Å². The molecule has 7 heteroatoms. The second-order valence-electron chi connectivity index (χ2n) is 8.27. The summed E-state index contributed by atoms with van der Waals surface area (Å²) >= 11 is 0. The topological polar surface area (TPSA) is 77.9 Å². The van der Waals surface area contributed by atoms with Crippen LogP contribution in [0, 0.1) is 0 Å². The summed E-state index contributed by atoms with van der Waals surface area (Å²) < 4.78 is 28.1. The molecular weight excluding hydrogens is 412 g/mol. The Morgan fingerprint density at radius 3 is 2.45 bits per heavy atom. The number of carbonyl (C=O) groups is 1. The molecule has 5 rings (SSSR count). The van der Waals surface area contributed by atoms with Crippen LogP contribution in [0.1, 0.15) is 17.5 Å². The lowest BCUT2D eigenvalue weighted by molar-refractivity contribution is -0.135. The Morgan fingerprint density at radius 1 is 0.935 bits per heavy atom. The highest BCUT2D eigenvalue weighted by Gasteiger charge is 2.45. The van der Waals surface area contributed by atoms with Gasteiger partial charge in [-0.05, 0) is 40.5 Å². The van der Waals surface area contributed by atoms with Crippen LogP contribution in [0.4, 0.5) is 0 Å². The molecule has 3 aromatic rings. The Morgan fingerprint density at radius 2 is 1.65 bits per heavy atom. The molecule has 2 aliphatic heterocycles. The first-order chi connectivity index (χ1) is 14.9. The van der Waals surface area contributed by atoms with Gasteiger partial charge in [0, 0.05) is 26.1 Å². The number of rotatable bonds is 3. The molecular formula is C24H24N2O4S. The van der Waals surface area contributed by atoms with Crippen molar-refractivity contribution in [3.8, 4) is 0 Å². The summed E-state index contributed by atoms with van der Waals surface area (Å²) in [6.07, 6.45) is -0.000419. The van der Waals surface area contributed by atoms with Crippen molar-refractivity contribution in [3.05, 3.63) is 77.9 Å². The zero-order valence-electron chi connectivity index (χ0n) is 17.0. The quantitative estimate of drug-likeness (QED) is 0.685. The van der Waals surface area contributed by atoms with Gasteiger partial charge in [-0.1, -0.05) is 54.6 Å². The fraction of sp³-hybridized carbons (Fsp3) is 0.292. The van der Waals surface area contributed by atoms with Gasteiger partial charge >= 0.3 is 0 Å². The molecule has 0 aliphatic carbocycles. The van der Waals surface area contributed by atoms with Crippen LogP contribution in [-0.2, 0) is 27.8 Å². The number of amides is 1. The van der Waals surface area contributed by atoms with Crippen LogP contribution in [0.2, 0.25) is 0 Å². The summed E-state index contributed by atoms with van der Waals surface area (Å²) in [6, 6.07) is 19.6. The van der Waals surface area contributed by atoms with E-state index < -0.39 is 22.2 Å². The van der Waals surface area contributed by atoms with Crippen LogP contribution >= 0.6 is 0 Å². The number of benzene rings is 3. The molecule has 0 radical (unpaired) electrons. The normalized spacial score (nSPS) is 21.9. The van der Waals surface area contributed by atoms with Gasteiger partial charge < -0.3 is 10.0 Å². The molecule has 1 saturated heterocycles. The molecule has 0 aromatic heterocycles. The van der Waals surface area contributed by atoms with E-state index in [9.17, 15) is 18.3 Å². The Bertz CT molecular complexity index is 1260. The van der Waals surface area contributed by atoms with Crippen molar-refractivity contribution < 1.29 is 18.3 Å². The molecule has 0 spiro atoms. The highest BCUT2D eigenvalue weighted by molar-refractivity contribution is 7.89. The molecule has 1 fully saturated rings. The molecule has 2 atom stereocenters. The maximum absolute atomic E-state index is 13.5. The van der Waals surface area contributed by atoms with E-state index in [0.717, 1.165) is 22.8 Å². The summed E-state index contributed by atoms with van der Waals surface area (Å²) in [5.74, 6) is -0.240. The van der Waals surface area contributed by atoms with E-state index in [2.05, 4.69) is 6.07 Å². The summed E-state index contributed by atoms with van der Waals surface area (Å²) in [7, 11) is -3.93. The Labute approximate surface area is 181 Å². The van der Waals surface area contributed by atoms with Gasteiger partial charge in [-0.3, -0.25) is 4.79 Å². The highest BCUT2D eigenvalue weighted by Crippen LogP contribution is 2.30. The lowest BCUT2D eigenvalue weighted by atomic mass is 9.99. The number of carbonyl (C=O) groups excluding carboxylic acids is 1. The van der Waals surface area contributed by atoms with E-state index in [1.807, 2.05) is 42.5 Å². The van der Waals surface area contributed by atoms with Crippen molar-refractivity contribution in [1.82, 2.24) is 9.21 Å². The average Bonchev–Trinajstić information content (AvgIpc) is 3.20. The predicted octanol–water partition coefficient (Wildman–Crippen LogP) is 2.55. The largest absolute Gasteiger partial charge is 0.392 e. The molecule has 0 saturated carbocycles. The first-order valence-electron chi connectivity index (χ1n) is 10.5. The van der Waals surface area contributed by atoms with Crippen LogP contribution in [0.15, 0.2) is 71.6 Å². The van der Waals surface area contributed by atoms with Gasteiger partial charge in [-0.15, -0.1) is 0 Å². The standard InChI is InChI=1S/C24H24N2O4S/c27-21-14-23(24(28)25-12-11-18-6-2-4-8-20(18)15-25)26(16-21)31(29,30)22-10-9-17-5-1-3-7-19(17)13-22/h1-10,13,21,23,27H,11-12,14-16H2/t21-,23-/m1/s1. The predicted molar refractivity (Wildman–Crippen MR) is 118 cm³/mol. The van der Waals surface area contributed by atoms with Crippen molar-refractivity contribution >= 4 is 26.7 Å². The van der Waals surface area contributed by atoms with Crippen LogP contribution in [0.3, 0.4) is 0 Å². The zero-order valence-corrected chi connectivity index (χ0v) is 17.8. The van der Waals surface area contributed by atoms with Gasteiger partial charge in [0.05, 0.1) is 11.0 Å². The van der Waals surface area contributed by atoms with Gasteiger partial charge in [0.25, 0.3) is 0 Å². The van der Waals surface area contributed by atoms with Gasteiger partial charge in [-0.2, -0.15) is 4.31 Å². The number of β-amino-alcohol motifs (C(OH)–C–C–N with tert-alkyl or cyclic N) is 1. The minimum absolute atomic E-state index is 0.0734. The summed E-state index contributed by atoms with van der Waals surface area (Å²) in [5.41, 5.74) is 2.31. The molecule has 31 heavy (non-hydrogen) atoms. The smallest absolute Gasteiger partial charge is 0.243 e. The number of aliphatic hydroxyl groups excluding tert-OH is 1. The number of fused-ring (bicyclic) bond motifs is 2. The number of nitrogens with zero attached hydrogens (tertiary/aromatic N) is 2. The second kappa shape index (κ2) is 7.75. The number of hydrogen-bond acceptors (Lipinski definition) is 4. The van der Waals surface area contributed by atoms with Crippen molar-refractivity contribution in [2.24, 2.45) is 0 Å². The summed E-state index contributed by atoms with van der Waals surface area (Å²) in [5, 5.41) is 12.0. The fourth-order valence-electron chi connectivity index (χ4n) is 4.63. The van der Waals surface area contributed by atoms with Gasteiger partial charge in [0.15, 0.2) is 0 Å². The average molecular weight is 437 g/mol. The Kier molecular flexibility index (Phi) is 5.04. The number of sulfonamides is 1. The van der Waals surface area contributed by atoms with Gasteiger partial charge in [0.2, 0.25) is 15.9 Å². The first-order valence-corrected chi connectivity index (χ1v) is 11.9. The van der Waals surface area contributed by atoms with Crippen molar-refractivity contribution in [2.45, 2.75) is 36.4 Å². The highest BCUT2D eigenvalue weighted by atomic mass is 32.2. The van der Waals surface area contributed by atoms with Crippen LogP contribution in [-0.4, -0.2) is 53.9 Å². The fourth-order valence-corrected chi connectivity index (χ4v) is 6.30. The van der Waals surface area contributed by atoms with Crippen molar-refractivity contribution in [1.29, 1.82) is 0 Å². The lowest BCUT2D eigenvalue weighted by Crippen LogP contribution is -2.49. The molecule has 0 bridgehead atoms. The van der Waals surface area contributed by atoms with Gasteiger partial charge in [-0.25, -0.2) is 8.42 Å². The van der Waals surface area contributed by atoms with Crippen molar-refractivity contribution in [3.63, 3.8) is 0 Å². The molecule has 2 heterocycles. The van der Waals surface area contributed by atoms with Gasteiger partial charge in [0.1, 0.15) is 6.04 Å². The minimum atomic E-state index is -3.93. The Balaban J connectivity index is 1.44. The zero-order chi connectivity index (χ0) is 21.6. The molecule has 6 nitrogen and oxygen atoms in total. The van der Waals surface area contributed by atoms with E-state index in [1.54, 1.807) is 23.1 Å². The monoisotopic (exact) mass is 436 g/mol. The molecule has 160 valence electrons. The van der Waals surface area contributed by atoms with E-state index in [1.165, 1.54) is 9.87 Å². The maximum atomic E-state index is 13.5. The van der Waals surface area contributed by atoms with E-state index >= 15 is 0 Å². The molecule has 1 amide bonds. The van der Waals surface area contributed by atoms with Crippen molar-refractivity contribution in [2.75, 3.05) is 13.1 Å². The SMILES string of the molecule is O=C([C@H]1C[C@@H](O)CN1S(=O)(=O)c1ccc2ccccc2c1)N1CCc2ccccc2C1.